The smallest absolute Gasteiger partial charge is 0.407 e. The number of nitrogens with one attached hydrogen (secondary N) is 4. The first-order chi connectivity index (χ1) is 22.0. The highest BCUT2D eigenvalue weighted by atomic mass is 16.6. The number of imidazole rings is 1. The molecule has 3 amide bonds. The van der Waals surface area contributed by atoms with E-state index in [2.05, 4.69) is 44.9 Å². The van der Waals surface area contributed by atoms with Gasteiger partial charge in [-0.25, -0.2) is 23.9 Å². The lowest BCUT2D eigenvalue weighted by atomic mass is 10.1. The highest BCUT2D eigenvalue weighted by Crippen LogP contribution is 2.19. The molecule has 1 aliphatic rings. The van der Waals surface area contributed by atoms with Gasteiger partial charge in [0.1, 0.15) is 17.7 Å². The summed E-state index contributed by atoms with van der Waals surface area (Å²) in [6.45, 7) is 14.1. The van der Waals surface area contributed by atoms with Crippen LogP contribution < -0.4 is 26.3 Å². The molecule has 4 heterocycles. The Hall–Kier alpha value is -4.72. The molecule has 0 atom stereocenters. The van der Waals surface area contributed by atoms with Crippen LogP contribution in [0.25, 0.3) is 22.2 Å². The molecule has 5 rings (SSSR count). The number of carbonyl (C=O) groups excluding carboxylic acids is 3. The molecule has 0 saturated carbocycles. The maximum Gasteiger partial charge on any atom is 0.407 e. The van der Waals surface area contributed by atoms with Crippen molar-refractivity contribution in [1.29, 1.82) is 0 Å². The molecule has 3 aromatic heterocycles. The van der Waals surface area contributed by atoms with E-state index in [4.69, 9.17) is 10.5 Å². The maximum absolute atomic E-state index is 13.2. The van der Waals surface area contributed by atoms with Crippen LogP contribution in [0, 0.1) is 0 Å². The molecule has 0 bridgehead atoms. The van der Waals surface area contributed by atoms with Gasteiger partial charge in [0.05, 0.1) is 13.1 Å². The number of alkyl carbamates (subject to hydrolysis) is 1. The third-order valence-corrected chi connectivity index (χ3v) is 8.13. The maximum atomic E-state index is 13.2. The average Bonchev–Trinajstić information content (AvgIpc) is 3.59. The van der Waals surface area contributed by atoms with E-state index in [-0.39, 0.29) is 36.1 Å². The van der Waals surface area contributed by atoms with Crippen molar-refractivity contribution in [2.75, 3.05) is 31.9 Å². The summed E-state index contributed by atoms with van der Waals surface area (Å²) < 4.78 is 9.61. The van der Waals surface area contributed by atoms with E-state index in [0.29, 0.717) is 36.4 Å². The fourth-order valence-corrected chi connectivity index (χ4v) is 5.93. The zero-order valence-electron chi connectivity index (χ0n) is 27.3. The molecule has 0 spiro atoms. The lowest BCUT2D eigenvalue weighted by molar-refractivity contribution is -0.676. The number of hydrogen-bond donors (Lipinski definition) is 5. The molecule has 0 radical (unpaired) electrons. The van der Waals surface area contributed by atoms with Crippen molar-refractivity contribution in [3.8, 4) is 0 Å². The van der Waals surface area contributed by atoms with E-state index in [1.54, 1.807) is 12.3 Å². The zero-order chi connectivity index (χ0) is 33.0. The number of benzene rings is 1. The first-order valence-electron chi connectivity index (χ1n) is 15.9. The van der Waals surface area contributed by atoms with Crippen molar-refractivity contribution < 1.29 is 23.7 Å². The van der Waals surface area contributed by atoms with E-state index in [0.717, 1.165) is 49.3 Å². The van der Waals surface area contributed by atoms with Gasteiger partial charge >= 0.3 is 6.09 Å². The topological polar surface area (TPSA) is 176 Å². The average molecular weight is 634 g/mol. The molecule has 1 fully saturated rings. The minimum atomic E-state index is -0.519. The van der Waals surface area contributed by atoms with Gasteiger partial charge in [-0.3, -0.25) is 9.59 Å². The number of nitrogens with two attached hydrogens (primary N) is 1. The quantitative estimate of drug-likeness (QED) is 0.166. The van der Waals surface area contributed by atoms with Crippen LogP contribution in [0.3, 0.4) is 0 Å². The number of nitrogens with zero attached hydrogens (tertiary/aromatic N) is 5. The van der Waals surface area contributed by atoms with E-state index in [9.17, 15) is 14.4 Å². The minimum Gasteiger partial charge on any atom is -0.444 e. The van der Waals surface area contributed by atoms with Crippen molar-refractivity contribution in [1.82, 2.24) is 40.4 Å². The zero-order valence-corrected chi connectivity index (χ0v) is 27.3. The van der Waals surface area contributed by atoms with Gasteiger partial charge in [0.25, 0.3) is 17.6 Å². The van der Waals surface area contributed by atoms with Gasteiger partial charge in [0, 0.05) is 50.0 Å². The molecule has 6 N–H and O–H groups in total. The Bertz CT molecular complexity index is 1730. The summed E-state index contributed by atoms with van der Waals surface area (Å²) in [4.78, 5) is 52.2. The summed E-state index contributed by atoms with van der Waals surface area (Å²) in [5.74, 6) is 0.401. The van der Waals surface area contributed by atoms with Gasteiger partial charge in [0.2, 0.25) is 0 Å². The van der Waals surface area contributed by atoms with Crippen LogP contribution in [0.15, 0.2) is 30.5 Å². The van der Waals surface area contributed by atoms with Crippen LogP contribution in [-0.4, -0.2) is 80.1 Å². The molecular formula is C32H45N10O4+. The minimum absolute atomic E-state index is 0.0576. The predicted octanol–water partition coefficient (Wildman–Crippen LogP) is 2.47. The number of likely N-dealkylation sites (tertiary alicyclic amines) is 1. The molecule has 4 aromatic rings. The van der Waals surface area contributed by atoms with E-state index < -0.39 is 11.5 Å². The first kappa shape index (κ1) is 32.7. The number of H-pyrrole nitrogens is 1. The summed E-state index contributed by atoms with van der Waals surface area (Å²) >= 11 is 0. The Kier molecular flexibility index (Phi) is 9.75. The van der Waals surface area contributed by atoms with Crippen molar-refractivity contribution in [2.45, 2.75) is 78.7 Å². The van der Waals surface area contributed by atoms with Crippen molar-refractivity contribution in [3.05, 3.63) is 47.5 Å². The number of amides is 3. The second kappa shape index (κ2) is 13.7. The number of fused-ring (bicyclic) bond motifs is 2. The van der Waals surface area contributed by atoms with E-state index >= 15 is 0 Å². The molecule has 0 aliphatic carbocycles. The number of piperidine rings is 1. The van der Waals surface area contributed by atoms with Gasteiger partial charge in [-0.2, -0.15) is 0 Å². The third kappa shape index (κ3) is 7.39. The Balaban J connectivity index is 1.19. The predicted molar refractivity (Wildman–Crippen MR) is 174 cm³/mol. The van der Waals surface area contributed by atoms with Crippen LogP contribution in [0.1, 0.15) is 74.1 Å². The number of aromatic nitrogens is 5. The lowest BCUT2D eigenvalue weighted by Crippen LogP contribution is -2.47. The molecule has 14 heteroatoms. The Morgan fingerprint density at radius 3 is 2.54 bits per heavy atom. The van der Waals surface area contributed by atoms with Crippen LogP contribution in [0.2, 0.25) is 0 Å². The molecule has 0 unspecified atom stereocenters. The fraction of sp³-hybridized carbons (Fsp3) is 0.500. The molecule has 46 heavy (non-hydrogen) atoms. The number of hydrogen-bond acceptors (Lipinski definition) is 8. The molecule has 246 valence electrons. The second-order valence-electron chi connectivity index (χ2n) is 12.5. The van der Waals surface area contributed by atoms with Gasteiger partial charge < -0.3 is 36.3 Å². The highest BCUT2D eigenvalue weighted by Gasteiger charge is 2.27. The largest absolute Gasteiger partial charge is 0.444 e. The molecular weight excluding hydrogens is 588 g/mol. The van der Waals surface area contributed by atoms with Crippen LogP contribution in [-0.2, 0) is 24.4 Å². The Labute approximate surface area is 268 Å². The summed E-state index contributed by atoms with van der Waals surface area (Å²) in [6.07, 6.45) is 2.99. The summed E-state index contributed by atoms with van der Waals surface area (Å²) in [7, 11) is 0. The molecule has 1 saturated heterocycles. The highest BCUT2D eigenvalue weighted by molar-refractivity contribution is 5.98. The van der Waals surface area contributed by atoms with Crippen molar-refractivity contribution in [3.63, 3.8) is 0 Å². The first-order valence-corrected chi connectivity index (χ1v) is 15.9. The van der Waals surface area contributed by atoms with E-state index in [1.165, 1.54) is 0 Å². The van der Waals surface area contributed by atoms with Crippen LogP contribution >= 0.6 is 0 Å². The monoisotopic (exact) mass is 633 g/mol. The van der Waals surface area contributed by atoms with Crippen LogP contribution in [0.5, 0.6) is 0 Å². The number of anilines is 1. The number of ether oxygens (including phenoxy) is 1. The molecule has 1 aliphatic heterocycles. The van der Waals surface area contributed by atoms with Crippen molar-refractivity contribution >= 4 is 45.9 Å². The van der Waals surface area contributed by atoms with Gasteiger partial charge in [-0.05, 0) is 65.7 Å². The van der Waals surface area contributed by atoms with E-state index in [1.807, 2.05) is 52.8 Å². The number of aryl methyl sites for hydroxylation is 2. The number of carbonyl (C=O) groups is 3. The lowest BCUT2D eigenvalue weighted by Gasteiger charge is -2.32. The standard InChI is InChI=1S/C32H44N10O4/c1-6-41-23-9-8-20(29(43)35-14-17-40-15-11-21(12-16-40)37-31(45)46-32(3,4)5)18-24(23)42(7-2)25(41)19-36-30(44)26-27(33)39-28-22(38-26)10-13-34-28/h8-10,13,18,21H,6-7,11-12,14-17,19H2,1-5H3,(H5-,33,34,35,36,37,38,39,43,44,45)/p+1. The summed E-state index contributed by atoms with van der Waals surface area (Å²) in [6, 6.07) is 7.53. The SMILES string of the molecule is CCn1c(CNC(=O)c2nc3cc[nH]c3nc2N)[n+](CC)c2ccc(C(=O)NCCN3CCC(NC(=O)OC(C)(C)C)CC3)cc21. The number of rotatable bonds is 10. The Morgan fingerprint density at radius 1 is 1.09 bits per heavy atom. The molecule has 14 nitrogen and oxygen atoms in total. The van der Waals surface area contributed by atoms with Gasteiger partial charge in [-0.15, -0.1) is 0 Å². The molecule has 1 aromatic carbocycles. The van der Waals surface area contributed by atoms with Crippen LogP contribution in [0.4, 0.5) is 10.6 Å². The third-order valence-electron chi connectivity index (χ3n) is 8.13. The van der Waals surface area contributed by atoms with Crippen molar-refractivity contribution in [2.24, 2.45) is 0 Å². The normalized spacial score (nSPS) is 14.5. The Morgan fingerprint density at radius 2 is 1.85 bits per heavy atom. The number of aromatic amines is 1. The van der Waals surface area contributed by atoms with Gasteiger partial charge in [-0.1, -0.05) is 0 Å². The van der Waals surface area contributed by atoms with Gasteiger partial charge in [0.15, 0.2) is 28.2 Å². The summed E-state index contributed by atoms with van der Waals surface area (Å²) in [5.41, 5.74) is 9.13. The fourth-order valence-electron chi connectivity index (χ4n) is 5.93. The second-order valence-corrected chi connectivity index (χ2v) is 12.5. The number of nitrogen functional groups attached to an aromatic ring is 1. The summed E-state index contributed by atoms with van der Waals surface area (Å²) in [5, 5.41) is 8.97.